The van der Waals surface area contributed by atoms with Crippen LogP contribution in [-0.4, -0.2) is 16.2 Å². The summed E-state index contributed by atoms with van der Waals surface area (Å²) in [4.78, 5) is 0. The van der Waals surface area contributed by atoms with E-state index in [1.54, 1.807) is 11.3 Å². The Bertz CT molecular complexity index is 531. The zero-order valence-electron chi connectivity index (χ0n) is 10.1. The summed E-state index contributed by atoms with van der Waals surface area (Å²) in [5.74, 6) is 0.685. The summed E-state index contributed by atoms with van der Waals surface area (Å²) in [6.45, 7) is 1.98. The number of aromatic nitrogens is 2. The van der Waals surface area contributed by atoms with Gasteiger partial charge < -0.3 is 5.32 Å². The molecule has 1 aliphatic carbocycles. The van der Waals surface area contributed by atoms with Crippen molar-refractivity contribution in [2.24, 2.45) is 0 Å². The molecule has 1 heterocycles. The van der Waals surface area contributed by atoms with Gasteiger partial charge in [-0.25, -0.2) is 0 Å². The lowest BCUT2D eigenvalue weighted by Crippen LogP contribution is -2.33. The maximum absolute atomic E-state index is 4.10. The molecule has 1 aromatic carbocycles. The van der Waals surface area contributed by atoms with Gasteiger partial charge in [0, 0.05) is 10.5 Å². The monoisotopic (exact) mass is 323 g/mol. The van der Waals surface area contributed by atoms with Crippen molar-refractivity contribution >= 4 is 32.4 Å². The van der Waals surface area contributed by atoms with E-state index in [2.05, 4.69) is 55.7 Å². The number of nitrogens with one attached hydrogen (secondary N) is 1. The van der Waals surface area contributed by atoms with Crippen LogP contribution in [-0.2, 0) is 0 Å². The Labute approximate surface area is 119 Å². The number of anilines is 1. The lowest BCUT2D eigenvalue weighted by Gasteiger charge is -2.36. The number of aryl methyl sites for hydroxylation is 1. The maximum Gasteiger partial charge on any atom is 0.205 e. The fraction of sp³-hybridized carbons (Fsp3) is 0.385. The largest absolute Gasteiger partial charge is 0.357 e. The van der Waals surface area contributed by atoms with Crippen molar-refractivity contribution < 1.29 is 0 Å². The summed E-state index contributed by atoms with van der Waals surface area (Å²) in [5, 5.41) is 13.5. The second-order valence-electron chi connectivity index (χ2n) is 4.69. The lowest BCUT2D eigenvalue weighted by atomic mass is 9.76. The van der Waals surface area contributed by atoms with E-state index in [-0.39, 0.29) is 0 Å². The van der Waals surface area contributed by atoms with Gasteiger partial charge >= 0.3 is 0 Å². The molecule has 94 valence electrons. The van der Waals surface area contributed by atoms with Crippen molar-refractivity contribution in [1.29, 1.82) is 0 Å². The molecule has 0 unspecified atom stereocenters. The van der Waals surface area contributed by atoms with Crippen LogP contribution in [0, 0.1) is 6.92 Å². The first-order valence-electron chi connectivity index (χ1n) is 6.03. The van der Waals surface area contributed by atoms with Crippen molar-refractivity contribution in [3.05, 3.63) is 39.3 Å². The van der Waals surface area contributed by atoms with Crippen LogP contribution in [0.15, 0.2) is 28.7 Å². The van der Waals surface area contributed by atoms with Gasteiger partial charge in [-0.05, 0) is 43.4 Å². The van der Waals surface area contributed by atoms with Crippen molar-refractivity contribution in [3.63, 3.8) is 0 Å². The van der Waals surface area contributed by atoms with E-state index in [1.165, 1.54) is 18.4 Å². The minimum absolute atomic E-state index is 0.547. The third kappa shape index (κ3) is 2.57. The van der Waals surface area contributed by atoms with Crippen molar-refractivity contribution in [2.75, 3.05) is 5.32 Å². The zero-order chi connectivity index (χ0) is 12.5. The van der Waals surface area contributed by atoms with E-state index >= 15 is 0 Å². The van der Waals surface area contributed by atoms with Crippen molar-refractivity contribution in [3.8, 4) is 0 Å². The highest BCUT2D eigenvalue weighted by Gasteiger charge is 2.30. The molecule has 0 aliphatic heterocycles. The molecule has 0 saturated heterocycles. The summed E-state index contributed by atoms with van der Waals surface area (Å²) in [5.41, 5.74) is 1.43. The van der Waals surface area contributed by atoms with Gasteiger partial charge in [0.25, 0.3) is 0 Å². The Hall–Kier alpha value is -0.940. The summed E-state index contributed by atoms with van der Waals surface area (Å²) in [6.07, 6.45) is 2.36. The summed E-state index contributed by atoms with van der Waals surface area (Å²) in [6, 6.07) is 9.19. The summed E-state index contributed by atoms with van der Waals surface area (Å²) >= 11 is 5.09. The highest BCUT2D eigenvalue weighted by Crippen LogP contribution is 2.39. The van der Waals surface area contributed by atoms with Gasteiger partial charge in [-0.2, -0.15) is 0 Å². The molecule has 1 aromatic heterocycles. The molecule has 0 amide bonds. The zero-order valence-corrected chi connectivity index (χ0v) is 12.5. The van der Waals surface area contributed by atoms with Crippen LogP contribution >= 0.6 is 27.3 Å². The van der Waals surface area contributed by atoms with Gasteiger partial charge in [0.15, 0.2) is 0 Å². The average Bonchev–Trinajstić information content (AvgIpc) is 2.71. The third-order valence-electron chi connectivity index (χ3n) is 3.33. The fourth-order valence-electron chi connectivity index (χ4n) is 2.27. The lowest BCUT2D eigenvalue weighted by molar-refractivity contribution is 0.374. The molecule has 0 bridgehead atoms. The van der Waals surface area contributed by atoms with E-state index in [9.17, 15) is 0 Å². The first-order valence-corrected chi connectivity index (χ1v) is 7.64. The second-order valence-corrected chi connectivity index (χ2v) is 6.78. The van der Waals surface area contributed by atoms with E-state index in [4.69, 9.17) is 0 Å². The van der Waals surface area contributed by atoms with E-state index in [0.717, 1.165) is 14.6 Å². The van der Waals surface area contributed by atoms with Crippen LogP contribution in [0.5, 0.6) is 0 Å². The first kappa shape index (κ1) is 12.1. The molecule has 3 nitrogen and oxygen atoms in total. The molecule has 3 rings (SSSR count). The average molecular weight is 324 g/mol. The van der Waals surface area contributed by atoms with Crippen LogP contribution in [0.4, 0.5) is 5.13 Å². The van der Waals surface area contributed by atoms with Crippen molar-refractivity contribution in [2.45, 2.75) is 31.7 Å². The summed E-state index contributed by atoms with van der Waals surface area (Å²) < 4.78 is 1.14. The molecule has 1 N–H and O–H groups in total. The molecule has 1 aliphatic rings. The van der Waals surface area contributed by atoms with Crippen LogP contribution in [0.3, 0.4) is 0 Å². The molecule has 1 fully saturated rings. The first-order chi connectivity index (χ1) is 8.70. The number of halogens is 1. The van der Waals surface area contributed by atoms with Gasteiger partial charge in [0.05, 0.1) is 0 Å². The van der Waals surface area contributed by atoms with Crippen LogP contribution in [0.2, 0.25) is 0 Å². The fourth-order valence-corrected chi connectivity index (χ4v) is 3.21. The van der Waals surface area contributed by atoms with Gasteiger partial charge in [0.1, 0.15) is 5.01 Å². The molecule has 0 atom stereocenters. The molecule has 2 aromatic rings. The van der Waals surface area contributed by atoms with Gasteiger partial charge in [0.2, 0.25) is 5.13 Å². The Balaban J connectivity index is 1.55. The molecule has 5 heteroatoms. The smallest absolute Gasteiger partial charge is 0.205 e. The molecule has 0 radical (unpaired) electrons. The van der Waals surface area contributed by atoms with Crippen molar-refractivity contribution in [1.82, 2.24) is 10.2 Å². The van der Waals surface area contributed by atoms with Crippen LogP contribution < -0.4 is 5.32 Å². The summed E-state index contributed by atoms with van der Waals surface area (Å²) in [7, 11) is 0. The Morgan fingerprint density at radius 1 is 1.22 bits per heavy atom. The standard InChI is InChI=1S/C13H14BrN3S/c1-8-16-17-13(18-8)15-12-6-10(7-12)9-2-4-11(14)5-3-9/h2-5,10,12H,6-7H2,1H3,(H,15,17). The number of hydrogen-bond donors (Lipinski definition) is 1. The minimum atomic E-state index is 0.547. The van der Waals surface area contributed by atoms with Gasteiger partial charge in [-0.3, -0.25) is 0 Å². The topological polar surface area (TPSA) is 37.8 Å². The normalized spacial score (nSPS) is 22.6. The maximum atomic E-state index is 4.10. The molecule has 0 spiro atoms. The van der Waals surface area contributed by atoms with Crippen LogP contribution in [0.1, 0.15) is 29.3 Å². The Morgan fingerprint density at radius 3 is 2.56 bits per heavy atom. The Morgan fingerprint density at radius 2 is 1.94 bits per heavy atom. The van der Waals surface area contributed by atoms with E-state index in [1.807, 2.05) is 6.92 Å². The molecular weight excluding hydrogens is 310 g/mol. The highest BCUT2D eigenvalue weighted by atomic mass is 79.9. The second kappa shape index (κ2) is 4.97. The van der Waals surface area contributed by atoms with E-state index in [0.29, 0.717) is 12.0 Å². The Kier molecular flexibility index (Phi) is 3.35. The number of nitrogens with zero attached hydrogens (tertiary/aromatic N) is 2. The minimum Gasteiger partial charge on any atom is -0.357 e. The van der Waals surface area contributed by atoms with Crippen LogP contribution in [0.25, 0.3) is 0 Å². The number of hydrogen-bond acceptors (Lipinski definition) is 4. The van der Waals surface area contributed by atoms with E-state index < -0.39 is 0 Å². The predicted molar refractivity (Wildman–Crippen MR) is 78.2 cm³/mol. The molecule has 18 heavy (non-hydrogen) atoms. The SMILES string of the molecule is Cc1nnc(NC2CC(c3ccc(Br)cc3)C2)s1. The molecule has 1 saturated carbocycles. The number of rotatable bonds is 3. The molecular formula is C13H14BrN3S. The quantitative estimate of drug-likeness (QED) is 0.928. The highest BCUT2D eigenvalue weighted by molar-refractivity contribution is 9.10. The van der Waals surface area contributed by atoms with Gasteiger partial charge in [-0.15, -0.1) is 10.2 Å². The number of benzene rings is 1. The third-order valence-corrected chi connectivity index (χ3v) is 4.63. The van der Waals surface area contributed by atoms with Gasteiger partial charge in [-0.1, -0.05) is 39.4 Å². The predicted octanol–water partition coefficient (Wildman–Crippen LogP) is 3.97.